The van der Waals surface area contributed by atoms with E-state index < -0.39 is 6.10 Å². The highest BCUT2D eigenvalue weighted by Crippen LogP contribution is 2.22. The van der Waals surface area contributed by atoms with E-state index in [1.165, 1.54) is 0 Å². The van der Waals surface area contributed by atoms with Gasteiger partial charge in [-0.2, -0.15) is 0 Å². The maximum absolute atomic E-state index is 12.5. The molecular weight excluding hydrogens is 338 g/mol. The smallest absolute Gasteiger partial charge is 0.261 e. The van der Waals surface area contributed by atoms with Crippen molar-refractivity contribution in [3.05, 3.63) is 72.3 Å². The zero-order valence-electron chi connectivity index (χ0n) is 15.8. The van der Waals surface area contributed by atoms with Crippen molar-refractivity contribution in [1.29, 1.82) is 0 Å². The summed E-state index contributed by atoms with van der Waals surface area (Å²) >= 11 is 0. The molecule has 0 aliphatic rings. The van der Waals surface area contributed by atoms with Crippen LogP contribution >= 0.6 is 0 Å². The highest BCUT2D eigenvalue weighted by atomic mass is 16.5. The molecule has 4 nitrogen and oxygen atoms in total. The second-order valence-corrected chi connectivity index (χ2v) is 6.41. The fourth-order valence-electron chi connectivity index (χ4n) is 2.96. The van der Waals surface area contributed by atoms with Gasteiger partial charge in [0, 0.05) is 6.54 Å². The summed E-state index contributed by atoms with van der Waals surface area (Å²) < 4.78 is 11.1. The molecule has 0 fully saturated rings. The third kappa shape index (κ3) is 5.00. The topological polar surface area (TPSA) is 47.6 Å². The van der Waals surface area contributed by atoms with Gasteiger partial charge in [-0.3, -0.25) is 4.79 Å². The van der Waals surface area contributed by atoms with E-state index in [1.807, 2.05) is 67.6 Å². The van der Waals surface area contributed by atoms with E-state index in [-0.39, 0.29) is 5.91 Å². The third-order valence-electron chi connectivity index (χ3n) is 4.53. The van der Waals surface area contributed by atoms with E-state index >= 15 is 0 Å². The molecule has 0 heterocycles. The highest BCUT2D eigenvalue weighted by Gasteiger charge is 2.18. The van der Waals surface area contributed by atoms with Crippen molar-refractivity contribution in [1.82, 2.24) is 5.32 Å². The summed E-state index contributed by atoms with van der Waals surface area (Å²) in [6.45, 7) is 2.53. The van der Waals surface area contributed by atoms with Crippen molar-refractivity contribution in [3.63, 3.8) is 0 Å². The Morgan fingerprint density at radius 1 is 0.963 bits per heavy atom. The number of ether oxygens (including phenoxy) is 2. The quantitative estimate of drug-likeness (QED) is 0.647. The summed E-state index contributed by atoms with van der Waals surface area (Å²) in [5.41, 5.74) is 1.15. The minimum atomic E-state index is -0.498. The van der Waals surface area contributed by atoms with Crippen LogP contribution in [0.15, 0.2) is 66.7 Å². The first kappa shape index (κ1) is 18.8. The SMILES string of the molecule is CCC(Oc1ccc2ccccc2c1)C(=O)NCCc1ccc(OC)cc1. The Balaban J connectivity index is 1.54. The molecule has 0 saturated carbocycles. The average Bonchev–Trinajstić information content (AvgIpc) is 2.72. The molecule has 0 aromatic heterocycles. The molecule has 0 saturated heterocycles. The van der Waals surface area contributed by atoms with Crippen LogP contribution in [0.3, 0.4) is 0 Å². The van der Waals surface area contributed by atoms with E-state index in [2.05, 4.69) is 11.4 Å². The Hall–Kier alpha value is -3.01. The Morgan fingerprint density at radius 3 is 2.37 bits per heavy atom. The van der Waals surface area contributed by atoms with Gasteiger partial charge >= 0.3 is 0 Å². The van der Waals surface area contributed by atoms with Crippen LogP contribution in [0.5, 0.6) is 11.5 Å². The molecule has 1 atom stereocenters. The number of carbonyl (C=O) groups excluding carboxylic acids is 1. The Labute approximate surface area is 160 Å². The predicted molar refractivity (Wildman–Crippen MR) is 108 cm³/mol. The summed E-state index contributed by atoms with van der Waals surface area (Å²) in [4.78, 5) is 12.5. The van der Waals surface area contributed by atoms with Crippen LogP contribution in [0.25, 0.3) is 10.8 Å². The fraction of sp³-hybridized carbons (Fsp3) is 0.261. The lowest BCUT2D eigenvalue weighted by Gasteiger charge is -2.17. The molecule has 3 aromatic carbocycles. The molecule has 0 aliphatic heterocycles. The molecule has 1 unspecified atom stereocenters. The van der Waals surface area contributed by atoms with Crippen LogP contribution in [0, 0.1) is 0 Å². The van der Waals surface area contributed by atoms with Crippen molar-refractivity contribution in [2.45, 2.75) is 25.9 Å². The molecule has 0 aliphatic carbocycles. The first-order chi connectivity index (χ1) is 13.2. The van der Waals surface area contributed by atoms with Gasteiger partial charge in [0.15, 0.2) is 6.10 Å². The van der Waals surface area contributed by atoms with E-state index in [4.69, 9.17) is 9.47 Å². The Morgan fingerprint density at radius 2 is 1.67 bits per heavy atom. The molecular formula is C23H25NO3. The van der Waals surface area contributed by atoms with Crippen LogP contribution in [-0.4, -0.2) is 25.7 Å². The lowest BCUT2D eigenvalue weighted by atomic mass is 10.1. The number of hydrogen-bond acceptors (Lipinski definition) is 3. The molecule has 140 valence electrons. The van der Waals surface area contributed by atoms with Gasteiger partial charge in [-0.1, -0.05) is 49.4 Å². The second kappa shape index (κ2) is 9.08. The largest absolute Gasteiger partial charge is 0.497 e. The van der Waals surface area contributed by atoms with Gasteiger partial charge in [-0.15, -0.1) is 0 Å². The van der Waals surface area contributed by atoms with Crippen molar-refractivity contribution >= 4 is 16.7 Å². The summed E-state index contributed by atoms with van der Waals surface area (Å²) in [7, 11) is 1.65. The normalized spacial score (nSPS) is 11.8. The van der Waals surface area contributed by atoms with Crippen LogP contribution in [0.1, 0.15) is 18.9 Å². The molecule has 3 aromatic rings. The Kier molecular flexibility index (Phi) is 6.31. The number of methoxy groups -OCH3 is 1. The number of carbonyl (C=O) groups is 1. The van der Waals surface area contributed by atoms with Gasteiger partial charge < -0.3 is 14.8 Å². The van der Waals surface area contributed by atoms with Crippen molar-refractivity contribution in [2.75, 3.05) is 13.7 Å². The predicted octanol–water partition coefficient (Wildman–Crippen LogP) is 4.36. The minimum absolute atomic E-state index is 0.0841. The summed E-state index contributed by atoms with van der Waals surface area (Å²) in [5.74, 6) is 1.46. The van der Waals surface area contributed by atoms with Crippen LogP contribution in [-0.2, 0) is 11.2 Å². The highest BCUT2D eigenvalue weighted by molar-refractivity contribution is 5.84. The van der Waals surface area contributed by atoms with Crippen molar-refractivity contribution < 1.29 is 14.3 Å². The lowest BCUT2D eigenvalue weighted by molar-refractivity contribution is -0.128. The number of fused-ring (bicyclic) bond motifs is 1. The number of nitrogens with one attached hydrogen (secondary N) is 1. The molecule has 3 rings (SSSR count). The average molecular weight is 363 g/mol. The van der Waals surface area contributed by atoms with Crippen LogP contribution in [0.2, 0.25) is 0 Å². The maximum Gasteiger partial charge on any atom is 0.261 e. The van der Waals surface area contributed by atoms with Crippen molar-refractivity contribution in [2.24, 2.45) is 0 Å². The van der Waals surface area contributed by atoms with E-state index in [9.17, 15) is 4.79 Å². The number of benzene rings is 3. The molecule has 0 bridgehead atoms. The summed E-state index contributed by atoms with van der Waals surface area (Å²) in [6, 6.07) is 21.9. The van der Waals surface area contributed by atoms with E-state index in [0.29, 0.717) is 18.7 Å². The maximum atomic E-state index is 12.5. The standard InChI is InChI=1S/C23H25NO3/c1-3-22(27-21-13-10-18-6-4-5-7-19(18)16-21)23(25)24-15-14-17-8-11-20(26-2)12-9-17/h4-13,16,22H,3,14-15H2,1-2H3,(H,24,25). The molecule has 0 radical (unpaired) electrons. The number of amides is 1. The van der Waals surface area contributed by atoms with Gasteiger partial charge in [-0.25, -0.2) is 0 Å². The van der Waals surface area contributed by atoms with Crippen molar-refractivity contribution in [3.8, 4) is 11.5 Å². The zero-order valence-corrected chi connectivity index (χ0v) is 15.8. The van der Waals surface area contributed by atoms with E-state index in [1.54, 1.807) is 7.11 Å². The van der Waals surface area contributed by atoms with Gasteiger partial charge in [0.25, 0.3) is 5.91 Å². The molecule has 1 N–H and O–H groups in total. The third-order valence-corrected chi connectivity index (χ3v) is 4.53. The minimum Gasteiger partial charge on any atom is -0.497 e. The molecule has 4 heteroatoms. The van der Waals surface area contributed by atoms with Crippen LogP contribution in [0.4, 0.5) is 0 Å². The molecule has 27 heavy (non-hydrogen) atoms. The zero-order chi connectivity index (χ0) is 19.1. The molecule has 1 amide bonds. The summed E-state index contributed by atoms with van der Waals surface area (Å²) in [5, 5.41) is 5.23. The first-order valence-electron chi connectivity index (χ1n) is 9.25. The Bertz CT molecular complexity index is 890. The number of rotatable bonds is 8. The molecule has 0 spiro atoms. The monoisotopic (exact) mass is 363 g/mol. The van der Waals surface area contributed by atoms with E-state index in [0.717, 1.165) is 28.5 Å². The lowest BCUT2D eigenvalue weighted by Crippen LogP contribution is -2.38. The number of hydrogen-bond donors (Lipinski definition) is 1. The van der Waals surface area contributed by atoms with Gasteiger partial charge in [-0.05, 0) is 53.4 Å². The summed E-state index contributed by atoms with van der Waals surface area (Å²) in [6.07, 6.45) is 0.880. The van der Waals surface area contributed by atoms with Gasteiger partial charge in [0.1, 0.15) is 11.5 Å². The first-order valence-corrected chi connectivity index (χ1v) is 9.25. The van der Waals surface area contributed by atoms with Gasteiger partial charge in [0.2, 0.25) is 0 Å². The second-order valence-electron chi connectivity index (χ2n) is 6.41. The van der Waals surface area contributed by atoms with Gasteiger partial charge in [0.05, 0.1) is 7.11 Å². The van der Waals surface area contributed by atoms with Crippen LogP contribution < -0.4 is 14.8 Å². The fourth-order valence-corrected chi connectivity index (χ4v) is 2.96.